The number of amides is 3. The van der Waals surface area contributed by atoms with Crippen LogP contribution in [0.3, 0.4) is 0 Å². The number of likely N-dealkylation sites (tertiary alicyclic amines) is 1. The molecule has 4 heterocycles. The van der Waals surface area contributed by atoms with Gasteiger partial charge in [0, 0.05) is 51.4 Å². The molecule has 0 unspecified atom stereocenters. The average molecular weight is 563 g/mol. The van der Waals surface area contributed by atoms with Gasteiger partial charge in [0.15, 0.2) is 5.82 Å². The van der Waals surface area contributed by atoms with Gasteiger partial charge in [-0.15, -0.1) is 0 Å². The number of pyridine rings is 1. The monoisotopic (exact) mass is 562 g/mol. The second-order valence-corrected chi connectivity index (χ2v) is 10.2. The lowest BCUT2D eigenvalue weighted by molar-refractivity contribution is -0.0759. The van der Waals surface area contributed by atoms with Gasteiger partial charge < -0.3 is 29.5 Å². The average Bonchev–Trinajstić information content (AvgIpc) is 2.91. The van der Waals surface area contributed by atoms with Crippen LogP contribution in [0.1, 0.15) is 26.7 Å². The van der Waals surface area contributed by atoms with E-state index in [4.69, 9.17) is 9.47 Å². The van der Waals surface area contributed by atoms with Crippen LogP contribution >= 0.6 is 0 Å². The van der Waals surface area contributed by atoms with Crippen molar-refractivity contribution in [2.75, 3.05) is 57.1 Å². The molecule has 3 atom stereocenters. The largest absolute Gasteiger partial charge is 0.477 e. The smallest absolute Gasteiger partial charge is 0.412 e. The van der Waals surface area contributed by atoms with Gasteiger partial charge in [0.2, 0.25) is 5.88 Å². The third kappa shape index (κ3) is 7.23. The molecule has 4 rings (SSSR count). The zero-order valence-electron chi connectivity index (χ0n) is 23.1. The highest BCUT2D eigenvalue weighted by molar-refractivity contribution is 5.88. The molecule has 2 aliphatic rings. The Balaban J connectivity index is 1.38. The van der Waals surface area contributed by atoms with Gasteiger partial charge in [-0.25, -0.2) is 33.3 Å². The third-order valence-electron chi connectivity index (χ3n) is 7.20. The number of urea groups is 1. The quantitative estimate of drug-likeness (QED) is 0.524. The fourth-order valence-corrected chi connectivity index (χ4v) is 4.93. The van der Waals surface area contributed by atoms with Crippen LogP contribution in [0.25, 0.3) is 0 Å². The number of hydrogen-bond donors (Lipinski definition) is 2. The van der Waals surface area contributed by atoms with E-state index in [9.17, 15) is 18.4 Å². The molecule has 2 aliphatic heterocycles. The number of hydrogen-bond acceptors (Lipinski definition) is 9. The maximum Gasteiger partial charge on any atom is 0.412 e. The van der Waals surface area contributed by atoms with Gasteiger partial charge in [-0.1, -0.05) is 6.92 Å². The molecule has 0 aliphatic carbocycles. The third-order valence-corrected chi connectivity index (χ3v) is 7.20. The Morgan fingerprint density at radius 1 is 1.20 bits per heavy atom. The van der Waals surface area contributed by atoms with Crippen molar-refractivity contribution in [3.05, 3.63) is 30.7 Å². The number of rotatable bonds is 7. The lowest BCUT2D eigenvalue weighted by Crippen LogP contribution is -2.60. The number of carbonyl (C=O) groups excluding carboxylic acids is 2. The summed E-state index contributed by atoms with van der Waals surface area (Å²) in [5, 5.41) is 5.42. The Bertz CT molecular complexity index is 1170. The van der Waals surface area contributed by atoms with Crippen LogP contribution < -0.4 is 25.0 Å². The minimum absolute atomic E-state index is 0.00497. The highest BCUT2D eigenvalue weighted by Crippen LogP contribution is 2.34. The molecule has 3 amide bonds. The first kappa shape index (κ1) is 29.2. The maximum atomic E-state index is 15.0. The molecule has 2 aromatic rings. The minimum Gasteiger partial charge on any atom is -0.477 e. The summed E-state index contributed by atoms with van der Waals surface area (Å²) in [6.45, 7) is 5.89. The number of nitrogens with one attached hydrogen (secondary N) is 2. The maximum absolute atomic E-state index is 15.0. The molecule has 2 saturated heterocycles. The van der Waals surface area contributed by atoms with Crippen molar-refractivity contribution in [1.82, 2.24) is 30.1 Å². The Morgan fingerprint density at radius 3 is 2.70 bits per heavy atom. The summed E-state index contributed by atoms with van der Waals surface area (Å²) in [5.41, 5.74) is 0. The first-order valence-electron chi connectivity index (χ1n) is 13.3. The van der Waals surface area contributed by atoms with E-state index in [-0.39, 0.29) is 42.5 Å². The number of aromatic nitrogens is 3. The van der Waals surface area contributed by atoms with E-state index in [1.807, 2.05) is 7.05 Å². The molecule has 2 fully saturated rings. The van der Waals surface area contributed by atoms with Crippen molar-refractivity contribution in [2.24, 2.45) is 5.92 Å². The predicted octanol–water partition coefficient (Wildman–Crippen LogP) is 3.08. The molecular formula is C26H36F2N8O4. The zero-order chi connectivity index (χ0) is 28.9. The number of piperidine rings is 2. The summed E-state index contributed by atoms with van der Waals surface area (Å²) in [6, 6.07) is 0.875. The van der Waals surface area contributed by atoms with E-state index in [2.05, 4.69) is 37.4 Å². The van der Waals surface area contributed by atoms with Gasteiger partial charge in [0.05, 0.1) is 19.0 Å². The topological polar surface area (TPSA) is 125 Å². The van der Waals surface area contributed by atoms with Crippen LogP contribution in [-0.4, -0.2) is 102 Å². The van der Waals surface area contributed by atoms with Crippen LogP contribution in [-0.2, 0) is 0 Å². The van der Waals surface area contributed by atoms with Crippen LogP contribution in [0, 0.1) is 5.92 Å². The first-order chi connectivity index (χ1) is 19.1. The summed E-state index contributed by atoms with van der Waals surface area (Å²) in [4.78, 5) is 42.5. The molecule has 218 valence electrons. The molecule has 0 aromatic carbocycles. The van der Waals surface area contributed by atoms with E-state index >= 15 is 0 Å². The Hall–Kier alpha value is -3.81. The van der Waals surface area contributed by atoms with Crippen LogP contribution in [0.4, 0.5) is 30.0 Å². The number of halogens is 2. The second-order valence-electron chi connectivity index (χ2n) is 10.2. The molecule has 14 heteroatoms. The van der Waals surface area contributed by atoms with E-state index in [1.54, 1.807) is 11.8 Å². The van der Waals surface area contributed by atoms with Gasteiger partial charge >= 0.3 is 12.1 Å². The summed E-state index contributed by atoms with van der Waals surface area (Å²) in [6.07, 6.45) is 3.85. The lowest BCUT2D eigenvalue weighted by Gasteiger charge is -2.42. The number of anilines is 2. The Morgan fingerprint density at radius 2 is 2.00 bits per heavy atom. The molecule has 2 N–H and O–H groups in total. The molecule has 0 saturated carbocycles. The summed E-state index contributed by atoms with van der Waals surface area (Å²) in [5.74, 6) is -1.85. The molecular weight excluding hydrogens is 526 g/mol. The van der Waals surface area contributed by atoms with Crippen LogP contribution in [0.2, 0.25) is 0 Å². The zero-order valence-corrected chi connectivity index (χ0v) is 23.1. The van der Waals surface area contributed by atoms with Gasteiger partial charge in [-0.2, -0.15) is 0 Å². The first-order valence-corrected chi connectivity index (χ1v) is 13.3. The predicted molar refractivity (Wildman–Crippen MR) is 144 cm³/mol. The van der Waals surface area contributed by atoms with Gasteiger partial charge in [-0.05, 0) is 38.9 Å². The molecule has 0 spiro atoms. The Labute approximate surface area is 232 Å². The highest BCUT2D eigenvalue weighted by atomic mass is 19.3. The molecule has 0 bridgehead atoms. The molecule has 2 aromatic heterocycles. The summed E-state index contributed by atoms with van der Waals surface area (Å²) < 4.78 is 40.7. The lowest BCUT2D eigenvalue weighted by atomic mass is 9.94. The molecule has 12 nitrogen and oxygen atoms in total. The second kappa shape index (κ2) is 12.6. The van der Waals surface area contributed by atoms with Crippen molar-refractivity contribution < 1.29 is 27.8 Å². The van der Waals surface area contributed by atoms with Crippen molar-refractivity contribution in [3.8, 4) is 11.6 Å². The van der Waals surface area contributed by atoms with Gasteiger partial charge in [0.1, 0.15) is 17.6 Å². The van der Waals surface area contributed by atoms with Gasteiger partial charge in [-0.3, -0.25) is 5.32 Å². The van der Waals surface area contributed by atoms with Crippen molar-refractivity contribution in [2.45, 2.75) is 44.7 Å². The van der Waals surface area contributed by atoms with Crippen LogP contribution in [0.5, 0.6) is 11.6 Å². The SMILES string of the molecule is CCOc1cnc(NC(=O)N(C)[C@H]2CN(c3cc(OC(=O)N[C@@H]4CCN(C)C[C@@H]4C)ccn3)CCC2(F)F)cn1. The molecule has 40 heavy (non-hydrogen) atoms. The van der Waals surface area contributed by atoms with Crippen molar-refractivity contribution >= 4 is 23.8 Å². The number of likely N-dealkylation sites (N-methyl/N-ethyl adjacent to an activating group) is 1. The van der Waals surface area contributed by atoms with Gasteiger partial charge in [0.25, 0.3) is 5.92 Å². The summed E-state index contributed by atoms with van der Waals surface area (Å²) in [7, 11) is 3.35. The number of alkyl halides is 2. The fraction of sp³-hybridized carbons (Fsp3) is 0.577. The standard InChI is InChI=1S/C26H36F2N8O4/c1-5-39-23-14-30-21(13-31-23)33-24(37)35(4)20-16-36(11-8-26(20,27)28)22-12-18(6-9-29-22)40-25(38)32-19-7-10-34(3)15-17(19)2/h6,9,12-14,17,19-20H,5,7-8,10-11,15-16H2,1-4H3,(H,32,38)(H,30,33,37)/t17-,19+,20-/m0/s1. The summed E-state index contributed by atoms with van der Waals surface area (Å²) >= 11 is 0. The normalized spacial score (nSPS) is 22.8. The highest BCUT2D eigenvalue weighted by Gasteiger charge is 2.48. The van der Waals surface area contributed by atoms with E-state index in [1.165, 1.54) is 37.8 Å². The van der Waals surface area contributed by atoms with Crippen molar-refractivity contribution in [1.29, 1.82) is 0 Å². The van der Waals surface area contributed by atoms with E-state index < -0.39 is 30.5 Å². The van der Waals surface area contributed by atoms with Crippen LogP contribution in [0.15, 0.2) is 30.7 Å². The number of ether oxygens (including phenoxy) is 2. The Kier molecular flexibility index (Phi) is 9.17. The minimum atomic E-state index is -3.13. The van der Waals surface area contributed by atoms with E-state index in [0.29, 0.717) is 12.4 Å². The van der Waals surface area contributed by atoms with E-state index in [0.717, 1.165) is 24.4 Å². The van der Waals surface area contributed by atoms with Crippen molar-refractivity contribution in [3.63, 3.8) is 0 Å². The number of carbonyl (C=O) groups is 2. The number of nitrogens with zero attached hydrogens (tertiary/aromatic N) is 6. The fourth-order valence-electron chi connectivity index (χ4n) is 4.93. The molecule has 0 radical (unpaired) electrons.